The van der Waals surface area contributed by atoms with Crippen LogP contribution >= 0.6 is 11.8 Å². The largest absolute Gasteiger partial charge is 0.327 e. The van der Waals surface area contributed by atoms with E-state index in [1.807, 2.05) is 19.1 Å². The normalized spacial score (nSPS) is 14.8. The molecule has 1 nitrogen and oxygen atoms in total. The maximum atomic E-state index is 13.6. The lowest BCUT2D eigenvalue weighted by Crippen LogP contribution is -2.23. The lowest BCUT2D eigenvalue weighted by atomic mass is 10.1. The minimum Gasteiger partial charge on any atom is -0.327 e. The van der Waals surface area contributed by atoms with Gasteiger partial charge in [0, 0.05) is 16.9 Å². The van der Waals surface area contributed by atoms with E-state index >= 15 is 0 Å². The Balaban J connectivity index is 2.74. The Hall–Kier alpha value is -0.540. The van der Waals surface area contributed by atoms with E-state index in [1.165, 1.54) is 6.07 Å². The fourth-order valence-electron chi connectivity index (χ4n) is 1.59. The zero-order chi connectivity index (χ0) is 12.0. The number of thioether (sulfide) groups is 1. The van der Waals surface area contributed by atoms with Crippen LogP contribution in [0.3, 0.4) is 0 Å². The predicted octanol–water partition coefficient (Wildman–Crippen LogP) is 3.75. The molecule has 1 aromatic carbocycles. The summed E-state index contributed by atoms with van der Waals surface area (Å²) < 4.78 is 13.6. The molecule has 0 heterocycles. The van der Waals surface area contributed by atoms with Gasteiger partial charge < -0.3 is 5.73 Å². The maximum absolute atomic E-state index is 13.6. The number of halogens is 1. The molecule has 0 aliphatic heterocycles. The first kappa shape index (κ1) is 13.5. The minimum atomic E-state index is -0.145. The molecule has 0 saturated heterocycles. The van der Waals surface area contributed by atoms with Crippen molar-refractivity contribution in [3.8, 4) is 0 Å². The van der Waals surface area contributed by atoms with Gasteiger partial charge in [-0.05, 0) is 25.2 Å². The average Bonchev–Trinajstić information content (AvgIpc) is 2.25. The Morgan fingerprint density at radius 3 is 2.62 bits per heavy atom. The van der Waals surface area contributed by atoms with Gasteiger partial charge in [-0.15, -0.1) is 0 Å². The van der Waals surface area contributed by atoms with E-state index in [0.717, 1.165) is 24.2 Å². The van der Waals surface area contributed by atoms with Gasteiger partial charge in [-0.3, -0.25) is 0 Å². The fraction of sp³-hybridized carbons (Fsp3) is 0.538. The molecule has 3 heteroatoms. The molecule has 0 bridgehead atoms. The van der Waals surface area contributed by atoms with Crippen LogP contribution in [0.5, 0.6) is 0 Å². The molecule has 2 atom stereocenters. The van der Waals surface area contributed by atoms with Gasteiger partial charge >= 0.3 is 0 Å². The van der Waals surface area contributed by atoms with E-state index in [9.17, 15) is 4.39 Å². The highest BCUT2D eigenvalue weighted by Gasteiger charge is 2.19. The number of nitrogens with two attached hydrogens (primary N) is 1. The third kappa shape index (κ3) is 3.80. The van der Waals surface area contributed by atoms with Gasteiger partial charge in [-0.25, -0.2) is 4.39 Å². The molecule has 0 spiro atoms. The molecule has 0 saturated carbocycles. The molecule has 0 aliphatic carbocycles. The zero-order valence-electron chi connectivity index (χ0n) is 9.95. The molecule has 1 rings (SSSR count). The predicted molar refractivity (Wildman–Crippen MR) is 70.2 cm³/mol. The third-order valence-corrected chi connectivity index (χ3v) is 4.05. The van der Waals surface area contributed by atoms with Gasteiger partial charge in [0.1, 0.15) is 5.82 Å². The Morgan fingerprint density at radius 2 is 2.06 bits per heavy atom. The van der Waals surface area contributed by atoms with Crippen molar-refractivity contribution in [2.45, 2.75) is 38.0 Å². The molecule has 16 heavy (non-hydrogen) atoms. The lowest BCUT2D eigenvalue weighted by Gasteiger charge is -2.21. The van der Waals surface area contributed by atoms with Gasteiger partial charge in [0.2, 0.25) is 0 Å². The summed E-state index contributed by atoms with van der Waals surface area (Å²) in [4.78, 5) is 0. The number of rotatable bonds is 6. The van der Waals surface area contributed by atoms with Crippen molar-refractivity contribution in [3.05, 3.63) is 35.6 Å². The van der Waals surface area contributed by atoms with Gasteiger partial charge in [0.15, 0.2) is 0 Å². The van der Waals surface area contributed by atoms with Crippen LogP contribution in [0.2, 0.25) is 0 Å². The summed E-state index contributed by atoms with van der Waals surface area (Å²) in [6.07, 6.45) is 2.32. The van der Waals surface area contributed by atoms with E-state index in [1.54, 1.807) is 17.8 Å². The highest BCUT2D eigenvalue weighted by molar-refractivity contribution is 7.99. The Kier molecular flexibility index (Phi) is 5.85. The summed E-state index contributed by atoms with van der Waals surface area (Å²) in [6, 6.07) is 6.90. The lowest BCUT2D eigenvalue weighted by molar-refractivity contribution is 0.592. The van der Waals surface area contributed by atoms with Crippen LogP contribution in [0.4, 0.5) is 4.39 Å². The minimum absolute atomic E-state index is 0.0289. The highest BCUT2D eigenvalue weighted by Crippen LogP contribution is 2.33. The summed E-state index contributed by atoms with van der Waals surface area (Å²) >= 11 is 1.76. The van der Waals surface area contributed by atoms with Crippen molar-refractivity contribution in [1.82, 2.24) is 0 Å². The summed E-state index contributed by atoms with van der Waals surface area (Å²) in [5.41, 5.74) is 6.67. The van der Waals surface area contributed by atoms with Gasteiger partial charge in [-0.2, -0.15) is 11.8 Å². The van der Waals surface area contributed by atoms with Crippen molar-refractivity contribution < 1.29 is 4.39 Å². The van der Waals surface area contributed by atoms with Crippen LogP contribution < -0.4 is 5.73 Å². The Morgan fingerprint density at radius 1 is 1.38 bits per heavy atom. The van der Waals surface area contributed by atoms with Gasteiger partial charge in [0.25, 0.3) is 0 Å². The van der Waals surface area contributed by atoms with Crippen LogP contribution in [0, 0.1) is 5.82 Å². The second kappa shape index (κ2) is 6.92. The first-order valence-electron chi connectivity index (χ1n) is 5.78. The number of hydrogen-bond donors (Lipinski definition) is 1. The van der Waals surface area contributed by atoms with Crippen molar-refractivity contribution in [3.63, 3.8) is 0 Å². The topological polar surface area (TPSA) is 26.0 Å². The van der Waals surface area contributed by atoms with Crippen LogP contribution in [-0.4, -0.2) is 11.8 Å². The smallest absolute Gasteiger partial charge is 0.127 e. The first-order chi connectivity index (χ1) is 7.66. The van der Waals surface area contributed by atoms with Crippen LogP contribution in [0.25, 0.3) is 0 Å². The molecule has 0 radical (unpaired) electrons. The zero-order valence-corrected chi connectivity index (χ0v) is 10.8. The van der Waals surface area contributed by atoms with Crippen LogP contribution in [0.15, 0.2) is 24.3 Å². The van der Waals surface area contributed by atoms with E-state index < -0.39 is 0 Å². The monoisotopic (exact) mass is 241 g/mol. The Labute approximate surface area is 102 Å². The third-order valence-electron chi connectivity index (χ3n) is 2.48. The van der Waals surface area contributed by atoms with E-state index in [-0.39, 0.29) is 17.1 Å². The summed E-state index contributed by atoms with van der Waals surface area (Å²) in [7, 11) is 0. The van der Waals surface area contributed by atoms with E-state index in [0.29, 0.717) is 0 Å². The van der Waals surface area contributed by atoms with Crippen molar-refractivity contribution in [2.75, 3.05) is 5.75 Å². The summed E-state index contributed by atoms with van der Waals surface area (Å²) in [5.74, 6) is 0.894. The molecular weight excluding hydrogens is 221 g/mol. The molecule has 2 N–H and O–H groups in total. The standard InChI is InChI=1S/C13H20FNS/c1-3-4-9-16-13(10(2)15)11-7-5-6-8-12(11)14/h5-8,10,13H,3-4,9,15H2,1-2H3. The molecule has 1 aromatic rings. The molecule has 0 amide bonds. The number of unbranched alkanes of at least 4 members (excludes halogenated alkanes) is 1. The summed E-state index contributed by atoms with van der Waals surface area (Å²) in [6.45, 7) is 4.10. The van der Waals surface area contributed by atoms with E-state index in [4.69, 9.17) is 5.73 Å². The Bertz CT molecular complexity index is 315. The molecule has 0 fully saturated rings. The molecule has 90 valence electrons. The average molecular weight is 241 g/mol. The maximum Gasteiger partial charge on any atom is 0.127 e. The van der Waals surface area contributed by atoms with Crippen LogP contribution in [0.1, 0.15) is 37.5 Å². The van der Waals surface area contributed by atoms with E-state index in [2.05, 4.69) is 6.92 Å². The van der Waals surface area contributed by atoms with Gasteiger partial charge in [0.05, 0.1) is 0 Å². The second-order valence-corrected chi connectivity index (χ2v) is 5.28. The molecular formula is C13H20FNS. The number of hydrogen-bond acceptors (Lipinski definition) is 2. The van der Waals surface area contributed by atoms with Crippen molar-refractivity contribution >= 4 is 11.8 Å². The molecule has 0 aromatic heterocycles. The first-order valence-corrected chi connectivity index (χ1v) is 6.83. The summed E-state index contributed by atoms with van der Waals surface area (Å²) in [5, 5.41) is 0.0627. The fourth-order valence-corrected chi connectivity index (χ4v) is 2.97. The van der Waals surface area contributed by atoms with Gasteiger partial charge in [-0.1, -0.05) is 31.5 Å². The SMILES string of the molecule is CCCCSC(c1ccccc1F)C(C)N. The molecule has 2 unspecified atom stereocenters. The van der Waals surface area contributed by atoms with Crippen LogP contribution in [-0.2, 0) is 0 Å². The second-order valence-electron chi connectivity index (χ2n) is 4.03. The molecule has 0 aliphatic rings. The van der Waals surface area contributed by atoms with Crippen molar-refractivity contribution in [2.24, 2.45) is 5.73 Å². The number of benzene rings is 1. The highest BCUT2D eigenvalue weighted by atomic mass is 32.2. The quantitative estimate of drug-likeness (QED) is 0.768. The van der Waals surface area contributed by atoms with Crippen molar-refractivity contribution in [1.29, 1.82) is 0 Å².